The Morgan fingerprint density at radius 2 is 1.50 bits per heavy atom. The summed E-state index contributed by atoms with van der Waals surface area (Å²) >= 11 is 1.48. The van der Waals surface area contributed by atoms with Crippen LogP contribution in [0.4, 0.5) is 10.8 Å². The number of hydrogen-bond acceptors (Lipinski definition) is 8. The number of benzene rings is 2. The molecule has 34 heavy (non-hydrogen) atoms. The van der Waals surface area contributed by atoms with Crippen molar-refractivity contribution in [1.29, 1.82) is 0 Å². The standard InChI is InChI=1S/C26H25N3O4S/c1-15-21(24(30)32-3)23(22(16(2)27-15)25(31)33-4)18-12-8-9-13-19(18)28-26-29-20(14-34-26)17-10-6-5-7-11-17/h5-14,23,27H,1-4H3,(H,28,29). The second-order valence-electron chi connectivity index (χ2n) is 7.73. The summed E-state index contributed by atoms with van der Waals surface area (Å²) in [7, 11) is 2.65. The van der Waals surface area contributed by atoms with Crippen molar-refractivity contribution in [2.24, 2.45) is 0 Å². The number of dihydropyridines is 1. The van der Waals surface area contributed by atoms with Crippen LogP contribution >= 0.6 is 11.3 Å². The number of anilines is 2. The molecule has 0 unspecified atom stereocenters. The molecule has 3 aromatic rings. The van der Waals surface area contributed by atoms with Crippen molar-refractivity contribution in [3.8, 4) is 11.3 Å². The Morgan fingerprint density at radius 1 is 0.912 bits per heavy atom. The summed E-state index contributed by atoms with van der Waals surface area (Å²) in [4.78, 5) is 30.4. The second kappa shape index (κ2) is 9.93. The largest absolute Gasteiger partial charge is 0.466 e. The van der Waals surface area contributed by atoms with Crippen LogP contribution in [0.3, 0.4) is 0 Å². The summed E-state index contributed by atoms with van der Waals surface area (Å²) < 4.78 is 10.2. The number of para-hydroxylation sites is 1. The zero-order chi connectivity index (χ0) is 24.2. The Bertz CT molecular complexity index is 1260. The minimum atomic E-state index is -0.682. The number of nitrogens with zero attached hydrogens (tertiary/aromatic N) is 1. The SMILES string of the molecule is COC(=O)C1=C(C)NC(C)=C(C(=O)OC)C1c1ccccc1Nc1nc(-c2ccccc2)cs1. The summed E-state index contributed by atoms with van der Waals surface area (Å²) in [6, 6.07) is 17.5. The third-order valence-corrected chi connectivity index (χ3v) is 6.42. The fourth-order valence-electron chi connectivity index (χ4n) is 4.12. The summed E-state index contributed by atoms with van der Waals surface area (Å²) in [5.41, 5.74) is 5.31. The summed E-state index contributed by atoms with van der Waals surface area (Å²) in [5.74, 6) is -1.71. The molecule has 174 valence electrons. The van der Waals surface area contributed by atoms with Gasteiger partial charge in [-0.2, -0.15) is 0 Å². The molecule has 8 heteroatoms. The first-order valence-electron chi connectivity index (χ1n) is 10.7. The number of hydrogen-bond donors (Lipinski definition) is 2. The summed E-state index contributed by atoms with van der Waals surface area (Å²) in [6.45, 7) is 3.58. The maximum atomic E-state index is 12.8. The van der Waals surface area contributed by atoms with Crippen molar-refractivity contribution >= 4 is 34.1 Å². The van der Waals surface area contributed by atoms with Crippen molar-refractivity contribution in [2.45, 2.75) is 19.8 Å². The number of thiazole rings is 1. The van der Waals surface area contributed by atoms with E-state index in [0.717, 1.165) is 22.5 Å². The molecule has 2 aromatic carbocycles. The Kier molecular flexibility index (Phi) is 6.79. The van der Waals surface area contributed by atoms with E-state index < -0.39 is 17.9 Å². The van der Waals surface area contributed by atoms with E-state index in [1.807, 2.05) is 60.0 Å². The van der Waals surface area contributed by atoms with Gasteiger partial charge in [0.25, 0.3) is 0 Å². The topological polar surface area (TPSA) is 89.5 Å². The van der Waals surface area contributed by atoms with Gasteiger partial charge in [-0.15, -0.1) is 11.3 Å². The maximum absolute atomic E-state index is 12.8. The zero-order valence-electron chi connectivity index (χ0n) is 19.3. The van der Waals surface area contributed by atoms with E-state index in [4.69, 9.17) is 14.5 Å². The van der Waals surface area contributed by atoms with Crippen LogP contribution in [0.25, 0.3) is 11.3 Å². The minimum Gasteiger partial charge on any atom is -0.466 e. The fourth-order valence-corrected chi connectivity index (χ4v) is 4.85. The van der Waals surface area contributed by atoms with Crippen molar-refractivity contribution in [3.05, 3.63) is 88.1 Å². The molecule has 1 aromatic heterocycles. The Morgan fingerprint density at radius 3 is 2.12 bits per heavy atom. The number of ether oxygens (including phenoxy) is 2. The third kappa shape index (κ3) is 4.45. The molecule has 0 bridgehead atoms. The van der Waals surface area contributed by atoms with Crippen molar-refractivity contribution < 1.29 is 19.1 Å². The van der Waals surface area contributed by atoms with Crippen molar-refractivity contribution in [2.75, 3.05) is 19.5 Å². The predicted octanol–water partition coefficient (Wildman–Crippen LogP) is 5.13. The van der Waals surface area contributed by atoms with E-state index in [-0.39, 0.29) is 0 Å². The predicted molar refractivity (Wildman–Crippen MR) is 133 cm³/mol. The molecule has 0 saturated carbocycles. The molecular weight excluding hydrogens is 450 g/mol. The van der Waals surface area contributed by atoms with E-state index in [2.05, 4.69) is 10.6 Å². The lowest BCUT2D eigenvalue weighted by molar-refractivity contribution is -0.137. The molecule has 7 nitrogen and oxygen atoms in total. The number of aromatic nitrogens is 1. The normalized spacial score (nSPS) is 14.0. The van der Waals surface area contributed by atoms with Gasteiger partial charge in [-0.25, -0.2) is 14.6 Å². The van der Waals surface area contributed by atoms with Gasteiger partial charge in [0.1, 0.15) is 0 Å². The number of carbonyl (C=O) groups is 2. The zero-order valence-corrected chi connectivity index (χ0v) is 20.2. The molecule has 0 spiro atoms. The minimum absolute atomic E-state index is 0.354. The molecule has 0 atom stereocenters. The summed E-state index contributed by atoms with van der Waals surface area (Å²) in [5, 5.41) is 9.19. The lowest BCUT2D eigenvalue weighted by Gasteiger charge is -2.31. The first kappa shape index (κ1) is 23.3. The van der Waals surface area contributed by atoms with Crippen LogP contribution in [-0.4, -0.2) is 31.1 Å². The average Bonchev–Trinajstić information content (AvgIpc) is 3.32. The van der Waals surface area contributed by atoms with Gasteiger partial charge in [-0.05, 0) is 25.5 Å². The quantitative estimate of drug-likeness (QED) is 0.478. The molecule has 4 rings (SSSR count). The van der Waals surface area contributed by atoms with Gasteiger partial charge in [-0.1, -0.05) is 48.5 Å². The smallest absolute Gasteiger partial charge is 0.336 e. The lowest BCUT2D eigenvalue weighted by Crippen LogP contribution is -2.32. The first-order chi connectivity index (χ1) is 16.4. The molecular formula is C26H25N3O4S. The Labute approximate surface area is 202 Å². The van der Waals surface area contributed by atoms with E-state index in [0.29, 0.717) is 27.7 Å². The van der Waals surface area contributed by atoms with E-state index in [9.17, 15) is 9.59 Å². The van der Waals surface area contributed by atoms with E-state index in [1.54, 1.807) is 13.8 Å². The third-order valence-electron chi connectivity index (χ3n) is 5.66. The van der Waals surface area contributed by atoms with Crippen LogP contribution in [0.15, 0.2) is 82.5 Å². The Balaban J connectivity index is 1.79. The molecule has 0 aliphatic carbocycles. The van der Waals surface area contributed by atoms with Gasteiger partial charge >= 0.3 is 11.9 Å². The Hall–Kier alpha value is -3.91. The van der Waals surface area contributed by atoms with Gasteiger partial charge in [0.2, 0.25) is 0 Å². The highest BCUT2D eigenvalue weighted by Gasteiger charge is 2.38. The van der Waals surface area contributed by atoms with Crippen molar-refractivity contribution in [1.82, 2.24) is 10.3 Å². The lowest BCUT2D eigenvalue weighted by atomic mass is 9.79. The highest BCUT2D eigenvalue weighted by atomic mass is 32.1. The first-order valence-corrected chi connectivity index (χ1v) is 11.5. The van der Waals surface area contributed by atoms with Gasteiger partial charge in [0, 0.05) is 28.0 Å². The number of methoxy groups -OCH3 is 2. The molecule has 0 amide bonds. The van der Waals surface area contributed by atoms with Gasteiger partial charge < -0.3 is 20.1 Å². The highest BCUT2D eigenvalue weighted by molar-refractivity contribution is 7.14. The monoisotopic (exact) mass is 475 g/mol. The highest BCUT2D eigenvalue weighted by Crippen LogP contribution is 2.42. The molecule has 0 saturated heterocycles. The number of nitrogens with one attached hydrogen (secondary N) is 2. The average molecular weight is 476 g/mol. The van der Waals surface area contributed by atoms with Crippen LogP contribution in [0.2, 0.25) is 0 Å². The maximum Gasteiger partial charge on any atom is 0.336 e. The van der Waals surface area contributed by atoms with Gasteiger partial charge in [-0.3, -0.25) is 0 Å². The van der Waals surface area contributed by atoms with Crippen LogP contribution in [0.1, 0.15) is 25.3 Å². The van der Waals surface area contributed by atoms with Crippen LogP contribution in [-0.2, 0) is 19.1 Å². The van der Waals surface area contributed by atoms with E-state index >= 15 is 0 Å². The molecule has 1 aliphatic heterocycles. The molecule has 2 heterocycles. The van der Waals surface area contributed by atoms with Crippen molar-refractivity contribution in [3.63, 3.8) is 0 Å². The van der Waals surface area contributed by atoms with E-state index in [1.165, 1.54) is 25.6 Å². The van der Waals surface area contributed by atoms with Gasteiger partial charge in [0.05, 0.1) is 37.0 Å². The van der Waals surface area contributed by atoms with Crippen LogP contribution in [0, 0.1) is 0 Å². The number of esters is 2. The fraction of sp³-hybridized carbons (Fsp3) is 0.192. The van der Waals surface area contributed by atoms with Gasteiger partial charge in [0.15, 0.2) is 5.13 Å². The number of rotatable bonds is 6. The molecule has 2 N–H and O–H groups in total. The molecule has 0 radical (unpaired) electrons. The second-order valence-corrected chi connectivity index (χ2v) is 8.59. The molecule has 0 fully saturated rings. The molecule has 1 aliphatic rings. The number of carbonyl (C=O) groups excluding carboxylic acids is 2. The summed E-state index contributed by atoms with van der Waals surface area (Å²) in [6.07, 6.45) is 0. The number of allylic oxidation sites excluding steroid dienone is 2. The van der Waals surface area contributed by atoms with Crippen LogP contribution < -0.4 is 10.6 Å². The van der Waals surface area contributed by atoms with Crippen LogP contribution in [0.5, 0.6) is 0 Å².